The highest BCUT2D eigenvalue weighted by Gasteiger charge is 2.26. The minimum absolute atomic E-state index is 0.224. The third-order valence-electron chi connectivity index (χ3n) is 6.49. The topological polar surface area (TPSA) is 89.0 Å². The van der Waals surface area contributed by atoms with E-state index in [0.717, 1.165) is 41.7 Å². The van der Waals surface area contributed by atoms with Gasteiger partial charge in [0.1, 0.15) is 11.4 Å². The Morgan fingerprint density at radius 2 is 2.06 bits per heavy atom. The minimum atomic E-state index is -0.359. The van der Waals surface area contributed by atoms with Crippen molar-refractivity contribution in [2.75, 3.05) is 13.7 Å². The van der Waals surface area contributed by atoms with E-state index in [9.17, 15) is 9.59 Å². The lowest BCUT2D eigenvalue weighted by molar-refractivity contribution is 0.0934. The number of hydrogen-bond acceptors (Lipinski definition) is 4. The fourth-order valence-corrected chi connectivity index (χ4v) is 4.78. The van der Waals surface area contributed by atoms with Crippen molar-refractivity contribution in [3.63, 3.8) is 0 Å². The number of nitrogens with one attached hydrogen (secondary N) is 2. The number of imidazole rings is 1. The van der Waals surface area contributed by atoms with Crippen molar-refractivity contribution < 1.29 is 9.53 Å². The molecule has 0 spiro atoms. The lowest BCUT2D eigenvalue weighted by Gasteiger charge is -2.22. The van der Waals surface area contributed by atoms with E-state index in [1.165, 1.54) is 12.8 Å². The van der Waals surface area contributed by atoms with Gasteiger partial charge in [0, 0.05) is 31.1 Å². The summed E-state index contributed by atoms with van der Waals surface area (Å²) in [6.45, 7) is 4.94. The number of methoxy groups -OCH3 is 1. The Morgan fingerprint density at radius 1 is 1.31 bits per heavy atom. The molecule has 1 fully saturated rings. The number of hydrogen-bond donors (Lipinski definition) is 2. The third-order valence-corrected chi connectivity index (χ3v) is 6.49. The molecule has 7 nitrogen and oxygen atoms in total. The maximum atomic E-state index is 13.4. The highest BCUT2D eigenvalue weighted by Crippen LogP contribution is 2.29. The van der Waals surface area contributed by atoms with E-state index in [0.29, 0.717) is 24.9 Å². The average molecular weight is 437 g/mol. The van der Waals surface area contributed by atoms with Crippen molar-refractivity contribution in [2.45, 2.75) is 58.5 Å². The summed E-state index contributed by atoms with van der Waals surface area (Å²) in [5.41, 5.74) is 3.49. The van der Waals surface area contributed by atoms with Crippen LogP contribution >= 0.6 is 0 Å². The molecule has 0 saturated heterocycles. The number of rotatable bonds is 8. The first-order valence-electron chi connectivity index (χ1n) is 11.5. The zero-order valence-electron chi connectivity index (χ0n) is 19.1. The highest BCUT2D eigenvalue weighted by atomic mass is 16.5. The van der Waals surface area contributed by atoms with Crippen LogP contribution in [0.4, 0.5) is 0 Å². The van der Waals surface area contributed by atoms with Crippen LogP contribution in [0.5, 0.6) is 0 Å². The molecule has 7 heteroatoms. The Balaban J connectivity index is 1.66. The van der Waals surface area contributed by atoms with Crippen molar-refractivity contribution >= 4 is 16.9 Å². The zero-order chi connectivity index (χ0) is 22.7. The van der Waals surface area contributed by atoms with E-state index in [1.54, 1.807) is 13.2 Å². The maximum Gasteiger partial charge on any atom is 0.257 e. The van der Waals surface area contributed by atoms with Crippen LogP contribution in [0.25, 0.3) is 11.0 Å². The zero-order valence-corrected chi connectivity index (χ0v) is 19.1. The summed E-state index contributed by atoms with van der Waals surface area (Å²) in [5.74, 6) is 0.829. The number of carbonyl (C=O) groups is 1. The predicted molar refractivity (Wildman–Crippen MR) is 125 cm³/mol. The van der Waals surface area contributed by atoms with Crippen molar-refractivity contribution in [3.05, 3.63) is 63.3 Å². The van der Waals surface area contributed by atoms with Crippen LogP contribution in [-0.4, -0.2) is 34.2 Å². The SMILES string of the molecule is COCCn1c(C)cc(=O)c(C(=O)N[C@H](C)c2nc3ccccc3[nH]2)c1CC1CCCC1. The minimum Gasteiger partial charge on any atom is -0.383 e. The van der Waals surface area contributed by atoms with Gasteiger partial charge in [0.25, 0.3) is 5.91 Å². The van der Waals surface area contributed by atoms with Gasteiger partial charge in [-0.1, -0.05) is 37.8 Å². The molecular formula is C25H32N4O3. The van der Waals surface area contributed by atoms with E-state index in [1.807, 2.05) is 38.1 Å². The van der Waals surface area contributed by atoms with Gasteiger partial charge in [-0.15, -0.1) is 0 Å². The quantitative estimate of drug-likeness (QED) is 0.560. The van der Waals surface area contributed by atoms with Crippen molar-refractivity contribution in [3.8, 4) is 0 Å². The monoisotopic (exact) mass is 436 g/mol. The summed E-state index contributed by atoms with van der Waals surface area (Å²) < 4.78 is 7.38. The third kappa shape index (κ3) is 4.63. The smallest absolute Gasteiger partial charge is 0.257 e. The second-order valence-corrected chi connectivity index (χ2v) is 8.81. The van der Waals surface area contributed by atoms with E-state index in [4.69, 9.17) is 4.74 Å². The van der Waals surface area contributed by atoms with Crippen LogP contribution in [-0.2, 0) is 17.7 Å². The molecule has 1 aliphatic carbocycles. The number of nitrogens with zero attached hydrogens (tertiary/aromatic N) is 2. The van der Waals surface area contributed by atoms with Crippen LogP contribution in [0.2, 0.25) is 0 Å². The molecule has 170 valence electrons. The van der Waals surface area contributed by atoms with Gasteiger partial charge in [0.05, 0.1) is 23.7 Å². The predicted octanol–water partition coefficient (Wildman–Crippen LogP) is 3.90. The van der Waals surface area contributed by atoms with E-state index in [2.05, 4.69) is 19.9 Å². The number of aromatic nitrogens is 3. The summed E-state index contributed by atoms with van der Waals surface area (Å²) >= 11 is 0. The van der Waals surface area contributed by atoms with E-state index < -0.39 is 0 Å². The van der Waals surface area contributed by atoms with Gasteiger partial charge in [0.15, 0.2) is 5.43 Å². The number of pyridine rings is 1. The average Bonchev–Trinajstić information content (AvgIpc) is 3.43. The van der Waals surface area contributed by atoms with E-state index >= 15 is 0 Å². The number of H-pyrrole nitrogens is 1. The molecule has 2 heterocycles. The first kappa shape index (κ1) is 22.3. The Labute approximate surface area is 188 Å². The van der Waals surface area contributed by atoms with Crippen LogP contribution in [0.15, 0.2) is 35.1 Å². The first-order valence-corrected chi connectivity index (χ1v) is 11.5. The van der Waals surface area contributed by atoms with Gasteiger partial charge in [0.2, 0.25) is 0 Å². The number of aromatic amines is 1. The van der Waals surface area contributed by atoms with Crippen LogP contribution in [0.3, 0.4) is 0 Å². The van der Waals surface area contributed by atoms with Crippen molar-refractivity contribution in [1.29, 1.82) is 0 Å². The number of carbonyl (C=O) groups excluding carboxylic acids is 1. The number of para-hydroxylation sites is 2. The van der Waals surface area contributed by atoms with Gasteiger partial charge in [-0.25, -0.2) is 4.98 Å². The van der Waals surface area contributed by atoms with Crippen molar-refractivity contribution in [1.82, 2.24) is 19.9 Å². The second-order valence-electron chi connectivity index (χ2n) is 8.81. The Kier molecular flexibility index (Phi) is 6.74. The van der Waals surface area contributed by atoms with Crippen molar-refractivity contribution in [2.24, 2.45) is 5.92 Å². The molecule has 0 aliphatic heterocycles. The number of aryl methyl sites for hydroxylation is 1. The first-order chi connectivity index (χ1) is 15.5. The molecule has 1 amide bonds. The largest absolute Gasteiger partial charge is 0.383 e. The second kappa shape index (κ2) is 9.69. The molecule has 2 aromatic heterocycles. The van der Waals surface area contributed by atoms with Gasteiger partial charge < -0.3 is 19.6 Å². The van der Waals surface area contributed by atoms with E-state index in [-0.39, 0.29) is 22.9 Å². The Morgan fingerprint density at radius 3 is 2.78 bits per heavy atom. The molecule has 1 atom stereocenters. The van der Waals surface area contributed by atoms with Gasteiger partial charge >= 0.3 is 0 Å². The summed E-state index contributed by atoms with van der Waals surface area (Å²) in [6, 6.07) is 8.96. The summed E-state index contributed by atoms with van der Waals surface area (Å²) in [4.78, 5) is 34.3. The Bertz CT molecular complexity index is 1120. The molecule has 0 unspecified atom stereocenters. The van der Waals surface area contributed by atoms with Crippen LogP contribution < -0.4 is 10.7 Å². The fraction of sp³-hybridized carbons (Fsp3) is 0.480. The maximum absolute atomic E-state index is 13.4. The molecule has 4 rings (SSSR count). The number of amides is 1. The number of ether oxygens (including phenoxy) is 1. The molecular weight excluding hydrogens is 404 g/mol. The van der Waals surface area contributed by atoms with Crippen LogP contribution in [0, 0.1) is 12.8 Å². The summed E-state index contributed by atoms with van der Waals surface area (Å²) in [7, 11) is 1.66. The molecule has 3 aromatic rings. The standard InChI is InChI=1S/C25H32N4O3/c1-16-14-22(30)23(21(29(16)12-13-32-3)15-18-8-4-5-9-18)25(31)26-17(2)24-27-19-10-6-7-11-20(19)28-24/h6-7,10-11,14,17-18H,4-5,8-9,12-13,15H2,1-3H3,(H,26,31)(H,27,28)/t17-/m1/s1. The number of benzene rings is 1. The lowest BCUT2D eigenvalue weighted by atomic mass is 9.96. The van der Waals surface area contributed by atoms with Gasteiger partial charge in [-0.3, -0.25) is 9.59 Å². The highest BCUT2D eigenvalue weighted by molar-refractivity contribution is 5.95. The molecule has 1 saturated carbocycles. The Hall–Kier alpha value is -2.93. The molecule has 1 aliphatic rings. The van der Waals surface area contributed by atoms with Gasteiger partial charge in [-0.2, -0.15) is 0 Å². The molecule has 0 bridgehead atoms. The lowest BCUT2D eigenvalue weighted by Crippen LogP contribution is -2.35. The fourth-order valence-electron chi connectivity index (χ4n) is 4.78. The summed E-state index contributed by atoms with van der Waals surface area (Å²) in [5, 5.41) is 3.01. The molecule has 0 radical (unpaired) electrons. The normalized spacial score (nSPS) is 15.3. The van der Waals surface area contributed by atoms with Gasteiger partial charge in [-0.05, 0) is 38.3 Å². The molecule has 2 N–H and O–H groups in total. The number of fused-ring (bicyclic) bond motifs is 1. The van der Waals surface area contributed by atoms with Crippen LogP contribution in [0.1, 0.15) is 66.2 Å². The molecule has 32 heavy (non-hydrogen) atoms. The molecule has 1 aromatic carbocycles. The summed E-state index contributed by atoms with van der Waals surface area (Å²) in [6.07, 6.45) is 5.45.